The van der Waals surface area contributed by atoms with Crippen LogP contribution in [0.4, 0.5) is 0 Å². The van der Waals surface area contributed by atoms with Gasteiger partial charge in [0.2, 0.25) is 0 Å². The molecule has 1 fully saturated rings. The zero-order valence-corrected chi connectivity index (χ0v) is 9.49. The highest BCUT2D eigenvalue weighted by atomic mass is 79.9. The van der Waals surface area contributed by atoms with Crippen molar-refractivity contribution in [2.45, 2.75) is 18.8 Å². The summed E-state index contributed by atoms with van der Waals surface area (Å²) in [4.78, 5) is 0. The third-order valence-electron chi connectivity index (χ3n) is 2.58. The van der Waals surface area contributed by atoms with Crippen LogP contribution >= 0.6 is 27.3 Å². The minimum Gasteiger partial charge on any atom is -0.143 e. The Kier molecular flexibility index (Phi) is 1.74. The lowest BCUT2D eigenvalue weighted by Crippen LogP contribution is -1.73. The Morgan fingerprint density at radius 2 is 2.15 bits per heavy atom. The molecule has 0 radical (unpaired) electrons. The lowest BCUT2D eigenvalue weighted by atomic mass is 10.1. The van der Waals surface area contributed by atoms with Crippen molar-refractivity contribution in [1.29, 1.82) is 0 Å². The first-order chi connectivity index (χ1) is 6.34. The molecule has 0 atom stereocenters. The van der Waals surface area contributed by atoms with E-state index >= 15 is 0 Å². The van der Waals surface area contributed by atoms with Crippen molar-refractivity contribution >= 4 is 37.4 Å². The fourth-order valence-corrected chi connectivity index (χ4v) is 3.33. The largest absolute Gasteiger partial charge is 0.143 e. The van der Waals surface area contributed by atoms with Crippen molar-refractivity contribution in [1.82, 2.24) is 0 Å². The predicted molar refractivity (Wildman–Crippen MR) is 61.5 cm³/mol. The van der Waals surface area contributed by atoms with Crippen LogP contribution in [0.25, 0.3) is 10.1 Å². The Labute approximate surface area is 89.7 Å². The van der Waals surface area contributed by atoms with Gasteiger partial charge in [0.05, 0.1) is 0 Å². The van der Waals surface area contributed by atoms with E-state index in [2.05, 4.69) is 39.5 Å². The fourth-order valence-electron chi connectivity index (χ4n) is 1.73. The molecule has 0 saturated heterocycles. The minimum absolute atomic E-state index is 0.870. The van der Waals surface area contributed by atoms with Crippen LogP contribution in [0.3, 0.4) is 0 Å². The van der Waals surface area contributed by atoms with Crippen molar-refractivity contribution < 1.29 is 0 Å². The van der Waals surface area contributed by atoms with E-state index in [9.17, 15) is 0 Å². The number of hydrogen-bond donors (Lipinski definition) is 0. The third kappa shape index (κ3) is 1.32. The summed E-state index contributed by atoms with van der Waals surface area (Å²) in [6.07, 6.45) is 2.78. The monoisotopic (exact) mass is 252 g/mol. The molecule has 1 aromatic heterocycles. The highest BCUT2D eigenvalue weighted by Crippen LogP contribution is 2.45. The van der Waals surface area contributed by atoms with Crippen LogP contribution in [-0.2, 0) is 0 Å². The molecule has 0 amide bonds. The molecule has 3 rings (SSSR count). The van der Waals surface area contributed by atoms with Crippen molar-refractivity contribution in [3.05, 3.63) is 33.6 Å². The molecule has 13 heavy (non-hydrogen) atoms. The molecule has 0 aliphatic heterocycles. The average Bonchev–Trinajstić information content (AvgIpc) is 2.87. The Morgan fingerprint density at radius 3 is 2.92 bits per heavy atom. The lowest BCUT2D eigenvalue weighted by Gasteiger charge is -1.95. The topological polar surface area (TPSA) is 0 Å². The van der Waals surface area contributed by atoms with Gasteiger partial charge in [-0.2, -0.15) is 0 Å². The van der Waals surface area contributed by atoms with E-state index in [1.54, 1.807) is 5.56 Å². The number of fused-ring (bicyclic) bond motifs is 1. The van der Waals surface area contributed by atoms with Gasteiger partial charge in [-0.3, -0.25) is 0 Å². The molecule has 1 heterocycles. The quantitative estimate of drug-likeness (QED) is 0.699. The van der Waals surface area contributed by atoms with E-state index in [0.717, 1.165) is 5.92 Å². The molecule has 2 heteroatoms. The van der Waals surface area contributed by atoms with Gasteiger partial charge in [-0.1, -0.05) is 22.0 Å². The fraction of sp³-hybridized carbons (Fsp3) is 0.273. The predicted octanol–water partition coefficient (Wildman–Crippen LogP) is 4.54. The zero-order valence-electron chi connectivity index (χ0n) is 7.09. The van der Waals surface area contributed by atoms with E-state index in [1.807, 2.05) is 11.3 Å². The molecular formula is C11H9BrS. The second-order valence-electron chi connectivity index (χ2n) is 3.61. The summed E-state index contributed by atoms with van der Waals surface area (Å²) < 4.78 is 2.60. The first-order valence-electron chi connectivity index (χ1n) is 4.51. The molecule has 0 bridgehead atoms. The molecule has 1 saturated carbocycles. The highest BCUT2D eigenvalue weighted by Gasteiger charge is 2.25. The third-order valence-corrected chi connectivity index (χ3v) is 4.04. The normalized spacial score (nSPS) is 16.7. The summed E-state index contributed by atoms with van der Waals surface area (Å²) in [6, 6.07) is 6.59. The van der Waals surface area contributed by atoms with Gasteiger partial charge < -0.3 is 0 Å². The van der Waals surface area contributed by atoms with Crippen LogP contribution in [0.5, 0.6) is 0 Å². The maximum Gasteiger partial charge on any atom is 0.0356 e. The lowest BCUT2D eigenvalue weighted by molar-refractivity contribution is 1.16. The molecule has 0 unspecified atom stereocenters. The second-order valence-corrected chi connectivity index (χ2v) is 5.43. The van der Waals surface area contributed by atoms with E-state index in [-0.39, 0.29) is 0 Å². The van der Waals surface area contributed by atoms with Crippen molar-refractivity contribution in [2.24, 2.45) is 0 Å². The molecule has 0 spiro atoms. The summed E-state index contributed by atoms with van der Waals surface area (Å²) in [5.41, 5.74) is 1.58. The summed E-state index contributed by atoms with van der Waals surface area (Å²) in [5.74, 6) is 0.870. The molecule has 1 aromatic carbocycles. The van der Waals surface area contributed by atoms with Gasteiger partial charge in [-0.05, 0) is 47.2 Å². The molecule has 1 aliphatic rings. The number of hydrogen-bond acceptors (Lipinski definition) is 1. The van der Waals surface area contributed by atoms with Gasteiger partial charge in [0.1, 0.15) is 0 Å². The molecule has 0 N–H and O–H groups in total. The van der Waals surface area contributed by atoms with Gasteiger partial charge >= 0.3 is 0 Å². The van der Waals surface area contributed by atoms with Crippen molar-refractivity contribution in [3.63, 3.8) is 0 Å². The summed E-state index contributed by atoms with van der Waals surface area (Å²) in [6.45, 7) is 0. The van der Waals surface area contributed by atoms with Crippen LogP contribution < -0.4 is 0 Å². The van der Waals surface area contributed by atoms with Gasteiger partial charge in [0.25, 0.3) is 0 Å². The molecule has 2 aromatic rings. The minimum atomic E-state index is 0.870. The Hall–Kier alpha value is -0.340. The standard InChI is InChI=1S/C11H9BrS/c12-8-3-4-9-10(7-1-2-7)6-13-11(9)5-8/h3-7H,1-2H2. The summed E-state index contributed by atoms with van der Waals surface area (Å²) >= 11 is 5.37. The van der Waals surface area contributed by atoms with E-state index in [4.69, 9.17) is 0 Å². The maximum absolute atomic E-state index is 3.50. The number of halogens is 1. The van der Waals surface area contributed by atoms with E-state index in [0.29, 0.717) is 0 Å². The Morgan fingerprint density at radius 1 is 1.31 bits per heavy atom. The number of rotatable bonds is 1. The SMILES string of the molecule is Brc1ccc2c(C3CC3)csc2c1. The first kappa shape index (κ1) is 8.01. The van der Waals surface area contributed by atoms with Crippen molar-refractivity contribution in [3.8, 4) is 0 Å². The smallest absolute Gasteiger partial charge is 0.0356 e. The van der Waals surface area contributed by atoms with Crippen LogP contribution in [0, 0.1) is 0 Å². The molecule has 1 aliphatic carbocycles. The van der Waals surface area contributed by atoms with Gasteiger partial charge in [0, 0.05) is 9.17 Å². The summed E-state index contributed by atoms with van der Waals surface area (Å²) in [5, 5.41) is 3.80. The van der Waals surface area contributed by atoms with Crippen LogP contribution in [0.15, 0.2) is 28.1 Å². The highest BCUT2D eigenvalue weighted by molar-refractivity contribution is 9.10. The Balaban J connectivity index is 2.26. The zero-order chi connectivity index (χ0) is 8.84. The summed E-state index contributed by atoms with van der Waals surface area (Å²) in [7, 11) is 0. The van der Waals surface area contributed by atoms with E-state index in [1.165, 1.54) is 27.4 Å². The van der Waals surface area contributed by atoms with Crippen LogP contribution in [-0.4, -0.2) is 0 Å². The maximum atomic E-state index is 3.50. The Bertz CT molecular complexity index is 454. The van der Waals surface area contributed by atoms with E-state index < -0.39 is 0 Å². The van der Waals surface area contributed by atoms with Gasteiger partial charge in [-0.25, -0.2) is 0 Å². The number of benzene rings is 1. The number of thiophene rings is 1. The average molecular weight is 253 g/mol. The van der Waals surface area contributed by atoms with Crippen molar-refractivity contribution in [2.75, 3.05) is 0 Å². The van der Waals surface area contributed by atoms with Crippen LogP contribution in [0.2, 0.25) is 0 Å². The first-order valence-corrected chi connectivity index (χ1v) is 6.18. The van der Waals surface area contributed by atoms with Gasteiger partial charge in [-0.15, -0.1) is 11.3 Å². The molecule has 0 nitrogen and oxygen atoms in total. The molecular weight excluding hydrogens is 244 g/mol. The van der Waals surface area contributed by atoms with Crippen LogP contribution in [0.1, 0.15) is 24.3 Å². The second kappa shape index (κ2) is 2.82. The molecule has 66 valence electrons. The van der Waals surface area contributed by atoms with Gasteiger partial charge in [0.15, 0.2) is 0 Å².